The number of hydrogen-bond acceptors (Lipinski definition) is 13. The van der Waals surface area contributed by atoms with E-state index in [1.165, 1.54) is 0 Å². The van der Waals surface area contributed by atoms with E-state index in [9.17, 15) is 45.6 Å². The summed E-state index contributed by atoms with van der Waals surface area (Å²) in [6.07, 6.45) is 37.5. The zero-order chi connectivity index (χ0) is 50.3. The maximum atomic E-state index is 13.1. The van der Waals surface area contributed by atoms with E-state index in [1.807, 2.05) is 0 Å². The number of aliphatic hydroxyl groups excluding tert-OH is 8. The molecule has 0 bridgehead atoms. The fourth-order valence-electron chi connectivity index (χ4n) is 7.84. The number of allylic oxidation sites excluding steroid dienone is 16. The van der Waals surface area contributed by atoms with E-state index in [-0.39, 0.29) is 18.9 Å². The first-order chi connectivity index (χ1) is 33.6. The van der Waals surface area contributed by atoms with Crippen LogP contribution in [0.25, 0.3) is 0 Å². The van der Waals surface area contributed by atoms with Gasteiger partial charge in [-0.25, -0.2) is 0 Å². The van der Waals surface area contributed by atoms with Gasteiger partial charge in [0.25, 0.3) is 0 Å². The van der Waals surface area contributed by atoms with Crippen LogP contribution >= 0.6 is 0 Å². The van der Waals surface area contributed by atoms with Gasteiger partial charge in [0, 0.05) is 6.42 Å². The van der Waals surface area contributed by atoms with Gasteiger partial charge in [-0.1, -0.05) is 162 Å². The van der Waals surface area contributed by atoms with Crippen molar-refractivity contribution in [2.24, 2.45) is 0 Å². The lowest BCUT2D eigenvalue weighted by Crippen LogP contribution is -2.65. The molecule has 1 amide bonds. The van der Waals surface area contributed by atoms with Crippen molar-refractivity contribution in [1.29, 1.82) is 0 Å². The lowest BCUT2D eigenvalue weighted by atomic mass is 9.97. The van der Waals surface area contributed by atoms with Crippen molar-refractivity contribution in [3.8, 4) is 0 Å². The maximum absolute atomic E-state index is 13.1. The van der Waals surface area contributed by atoms with Gasteiger partial charge < -0.3 is 65.1 Å². The zero-order valence-electron chi connectivity index (χ0n) is 41.8. The number of nitrogens with one attached hydrogen (secondary N) is 1. The van der Waals surface area contributed by atoms with Crippen LogP contribution in [0.5, 0.6) is 0 Å². The molecule has 0 saturated carbocycles. The highest BCUT2D eigenvalue weighted by atomic mass is 16.7. The summed E-state index contributed by atoms with van der Waals surface area (Å²) in [6.45, 7) is 2.61. The highest BCUT2D eigenvalue weighted by molar-refractivity contribution is 5.76. The summed E-state index contributed by atoms with van der Waals surface area (Å²) < 4.78 is 22.6. The van der Waals surface area contributed by atoms with Crippen molar-refractivity contribution in [3.63, 3.8) is 0 Å². The Hall–Kier alpha value is -3.09. The first-order valence-electron chi connectivity index (χ1n) is 26.0. The Balaban J connectivity index is 1.69. The minimum Gasteiger partial charge on any atom is -0.394 e. The highest BCUT2D eigenvalue weighted by Crippen LogP contribution is 2.30. The predicted molar refractivity (Wildman–Crippen MR) is 272 cm³/mol. The number of amides is 1. The Labute approximate surface area is 413 Å². The fourth-order valence-corrected chi connectivity index (χ4v) is 7.84. The normalized spacial score (nSPS) is 27.0. The summed E-state index contributed by atoms with van der Waals surface area (Å²) in [5, 5.41) is 86.5. The van der Waals surface area contributed by atoms with Gasteiger partial charge in [-0.2, -0.15) is 0 Å². The molecule has 2 saturated heterocycles. The van der Waals surface area contributed by atoms with Gasteiger partial charge in [-0.15, -0.1) is 0 Å². The molecule has 0 radical (unpaired) electrons. The number of carbonyl (C=O) groups excluding carboxylic acids is 1. The minimum atomic E-state index is -1.79. The summed E-state index contributed by atoms with van der Waals surface area (Å²) >= 11 is 0. The van der Waals surface area contributed by atoms with Crippen LogP contribution in [0.4, 0.5) is 0 Å². The smallest absolute Gasteiger partial charge is 0.220 e. The second kappa shape index (κ2) is 40.5. The Morgan fingerprint density at radius 1 is 0.536 bits per heavy atom. The van der Waals surface area contributed by atoms with Gasteiger partial charge in [-0.05, 0) is 77.0 Å². The van der Waals surface area contributed by atoms with Crippen molar-refractivity contribution in [2.75, 3.05) is 19.8 Å². The van der Waals surface area contributed by atoms with Crippen molar-refractivity contribution >= 4 is 5.91 Å². The minimum absolute atomic E-state index is 0.243. The molecule has 14 heteroatoms. The van der Waals surface area contributed by atoms with E-state index in [2.05, 4.69) is 116 Å². The van der Waals surface area contributed by atoms with E-state index >= 15 is 0 Å². The number of unbranched alkanes of at least 4 members (excludes halogenated alkanes) is 9. The van der Waals surface area contributed by atoms with Crippen LogP contribution in [-0.2, 0) is 23.7 Å². The third kappa shape index (κ3) is 27.4. The van der Waals surface area contributed by atoms with Crippen molar-refractivity contribution in [1.82, 2.24) is 5.32 Å². The SMILES string of the molecule is CC/C=C\C/C=C\C/C=C\C/C=C\C/C=C\C/C=C\C/C=C\C/C=C\CCCCCCC(=O)NC(COC1OC(CO)C(OC2OC(CO)C(O)C(O)C2O)C(O)C1O)C(O)CCCCCCCC. The van der Waals surface area contributed by atoms with Gasteiger partial charge in [-0.3, -0.25) is 4.79 Å². The average Bonchev–Trinajstić information content (AvgIpc) is 3.35. The molecule has 69 heavy (non-hydrogen) atoms. The van der Waals surface area contributed by atoms with Gasteiger partial charge >= 0.3 is 0 Å². The molecule has 12 atom stereocenters. The molecule has 0 aliphatic carbocycles. The number of carbonyl (C=O) groups is 1. The molecule has 0 aromatic carbocycles. The molecule has 2 rings (SSSR count). The molecular formula is C55H91NO13. The number of aliphatic hydroxyl groups is 8. The van der Waals surface area contributed by atoms with Crippen molar-refractivity contribution < 1.29 is 64.6 Å². The van der Waals surface area contributed by atoms with E-state index in [0.29, 0.717) is 12.8 Å². The summed E-state index contributed by atoms with van der Waals surface area (Å²) in [4.78, 5) is 13.1. The van der Waals surface area contributed by atoms with Crippen LogP contribution in [0.3, 0.4) is 0 Å². The molecule has 2 heterocycles. The van der Waals surface area contributed by atoms with Gasteiger partial charge in [0.05, 0.1) is 32.0 Å². The molecule has 0 spiro atoms. The monoisotopic (exact) mass is 974 g/mol. The van der Waals surface area contributed by atoms with E-state index < -0.39 is 86.8 Å². The molecule has 9 N–H and O–H groups in total. The molecule has 394 valence electrons. The van der Waals surface area contributed by atoms with Crippen LogP contribution in [0.15, 0.2) is 97.2 Å². The summed E-state index contributed by atoms with van der Waals surface area (Å²) in [6, 6.07) is -0.846. The van der Waals surface area contributed by atoms with Crippen LogP contribution in [0.2, 0.25) is 0 Å². The predicted octanol–water partition coefficient (Wildman–Crippen LogP) is 7.15. The molecule has 14 nitrogen and oxygen atoms in total. The Morgan fingerprint density at radius 2 is 1.00 bits per heavy atom. The van der Waals surface area contributed by atoms with Crippen LogP contribution < -0.4 is 5.32 Å². The molecule has 12 unspecified atom stereocenters. The third-order valence-electron chi connectivity index (χ3n) is 12.1. The molecule has 2 fully saturated rings. The molecular weight excluding hydrogens is 883 g/mol. The Bertz CT molecular complexity index is 1520. The second-order valence-corrected chi connectivity index (χ2v) is 17.9. The van der Waals surface area contributed by atoms with Crippen molar-refractivity contribution in [2.45, 2.75) is 222 Å². The third-order valence-corrected chi connectivity index (χ3v) is 12.1. The lowest BCUT2D eigenvalue weighted by Gasteiger charge is -2.46. The average molecular weight is 974 g/mol. The first-order valence-corrected chi connectivity index (χ1v) is 26.0. The van der Waals surface area contributed by atoms with Gasteiger partial charge in [0.2, 0.25) is 5.91 Å². The molecule has 2 aliphatic heterocycles. The van der Waals surface area contributed by atoms with E-state index in [0.717, 1.165) is 116 Å². The number of rotatable bonds is 38. The van der Waals surface area contributed by atoms with Gasteiger partial charge in [0.1, 0.15) is 48.8 Å². The Kier molecular flexibility index (Phi) is 36.4. The quantitative estimate of drug-likeness (QED) is 0.0222. The molecule has 0 aromatic rings. The fraction of sp³-hybridized carbons (Fsp3) is 0.691. The summed E-state index contributed by atoms with van der Waals surface area (Å²) in [5.41, 5.74) is 0. The topological polar surface area (TPSA) is 228 Å². The first kappa shape index (κ1) is 62.0. The molecule has 2 aliphatic rings. The van der Waals surface area contributed by atoms with E-state index in [4.69, 9.17) is 18.9 Å². The maximum Gasteiger partial charge on any atom is 0.220 e. The van der Waals surface area contributed by atoms with Gasteiger partial charge in [0.15, 0.2) is 12.6 Å². The standard InChI is InChI=1S/C55H91NO13/c1-3-5-7-9-11-12-13-14-15-16-17-18-19-20-21-22-23-24-25-26-27-28-29-30-31-32-33-35-37-39-47(60)56-43(44(59)38-36-34-10-8-6-4-2)42-66-54-52(65)50(63)53(46(41-58)68-54)69-55-51(64)49(62)48(61)45(40-57)67-55/h5,7,11-12,14-15,17-18,20-21,23-24,26-27,29-30,43-46,48-55,57-59,61-65H,3-4,6,8-10,13,16,19,22,25,28,31-42H2,1-2H3,(H,56,60)/b7-5-,12-11-,15-14-,18-17-,21-20-,24-23-,27-26-,30-29-. The van der Waals surface area contributed by atoms with Crippen LogP contribution in [0, 0.1) is 0 Å². The Morgan fingerprint density at radius 3 is 1.54 bits per heavy atom. The lowest BCUT2D eigenvalue weighted by molar-refractivity contribution is -0.359. The number of hydrogen-bond donors (Lipinski definition) is 9. The molecule has 0 aromatic heterocycles. The second-order valence-electron chi connectivity index (χ2n) is 17.9. The van der Waals surface area contributed by atoms with Crippen LogP contribution in [-0.4, -0.2) is 140 Å². The van der Waals surface area contributed by atoms with Crippen molar-refractivity contribution in [3.05, 3.63) is 97.2 Å². The van der Waals surface area contributed by atoms with E-state index in [1.54, 1.807) is 0 Å². The highest BCUT2D eigenvalue weighted by Gasteiger charge is 2.51. The number of ether oxygens (including phenoxy) is 4. The summed E-state index contributed by atoms with van der Waals surface area (Å²) in [5.74, 6) is -0.243. The summed E-state index contributed by atoms with van der Waals surface area (Å²) in [7, 11) is 0. The largest absolute Gasteiger partial charge is 0.394 e. The zero-order valence-corrected chi connectivity index (χ0v) is 41.8. The van der Waals surface area contributed by atoms with Crippen LogP contribution in [0.1, 0.15) is 149 Å².